The average molecular weight is 237 g/mol. The Morgan fingerprint density at radius 2 is 2.12 bits per heavy atom. The molecular weight excluding hydrogens is 222 g/mol. The van der Waals surface area contributed by atoms with E-state index in [9.17, 15) is 9.59 Å². The van der Waals surface area contributed by atoms with Crippen LogP contribution in [-0.4, -0.2) is 23.0 Å². The number of aliphatic carboxylic acids is 1. The van der Waals surface area contributed by atoms with Crippen LogP contribution in [0.15, 0.2) is 10.5 Å². The maximum Gasteiger partial charge on any atom is 0.326 e. The number of nitrogens with one attached hydrogen (secondary N) is 1. The molecule has 1 aromatic rings. The van der Waals surface area contributed by atoms with Gasteiger partial charge in [-0.2, -0.15) is 0 Å². The van der Waals surface area contributed by atoms with E-state index in [1.54, 1.807) is 19.9 Å². The number of aryl methyl sites for hydroxylation is 2. The van der Waals surface area contributed by atoms with Crippen LogP contribution in [0.4, 0.5) is 0 Å². The Morgan fingerprint density at radius 3 is 2.53 bits per heavy atom. The molecule has 1 saturated carbocycles. The average Bonchev–Trinajstić information content (AvgIpc) is 3.00. The van der Waals surface area contributed by atoms with E-state index in [0.717, 1.165) is 12.8 Å². The summed E-state index contributed by atoms with van der Waals surface area (Å²) in [6, 6.07) is 0.841. The summed E-state index contributed by atoms with van der Waals surface area (Å²) in [5.41, 5.74) is 0.411. The summed E-state index contributed by atoms with van der Waals surface area (Å²) < 4.78 is 5.25. The summed E-state index contributed by atoms with van der Waals surface area (Å²) in [7, 11) is 0. The van der Waals surface area contributed by atoms with Crippen LogP contribution >= 0.6 is 0 Å². The normalized spacial score (nSPS) is 16.6. The van der Waals surface area contributed by atoms with Crippen molar-refractivity contribution in [2.45, 2.75) is 32.7 Å². The molecule has 1 heterocycles. The summed E-state index contributed by atoms with van der Waals surface area (Å²) in [5.74, 6) is -0.118. The Morgan fingerprint density at radius 1 is 1.47 bits per heavy atom. The molecule has 1 aromatic heterocycles. The predicted molar refractivity (Wildman–Crippen MR) is 59.8 cm³/mol. The molecule has 1 unspecified atom stereocenters. The minimum absolute atomic E-state index is 0.0738. The molecule has 0 saturated heterocycles. The molecule has 0 aliphatic heterocycles. The zero-order chi connectivity index (χ0) is 12.6. The van der Waals surface area contributed by atoms with E-state index >= 15 is 0 Å². The Labute approximate surface area is 98.8 Å². The van der Waals surface area contributed by atoms with Crippen molar-refractivity contribution in [1.82, 2.24) is 5.32 Å². The van der Waals surface area contributed by atoms with Crippen LogP contribution in [0.3, 0.4) is 0 Å². The summed E-state index contributed by atoms with van der Waals surface area (Å²) in [5, 5.41) is 11.6. The van der Waals surface area contributed by atoms with Crippen molar-refractivity contribution in [1.29, 1.82) is 0 Å². The number of carbonyl (C=O) groups excluding carboxylic acids is 1. The third-order valence-electron chi connectivity index (χ3n) is 2.93. The van der Waals surface area contributed by atoms with E-state index in [0.29, 0.717) is 17.1 Å². The van der Waals surface area contributed by atoms with Gasteiger partial charge in [0.2, 0.25) is 0 Å². The largest absolute Gasteiger partial charge is 0.480 e. The van der Waals surface area contributed by atoms with E-state index in [1.165, 1.54) is 0 Å². The van der Waals surface area contributed by atoms with Crippen LogP contribution in [-0.2, 0) is 4.79 Å². The molecular formula is C12H15NO4. The molecule has 1 amide bonds. The van der Waals surface area contributed by atoms with Gasteiger partial charge in [-0.1, -0.05) is 0 Å². The van der Waals surface area contributed by atoms with Crippen molar-refractivity contribution in [2.24, 2.45) is 5.92 Å². The second-order valence-corrected chi connectivity index (χ2v) is 4.45. The molecule has 17 heavy (non-hydrogen) atoms. The number of hydrogen-bond acceptors (Lipinski definition) is 3. The minimum atomic E-state index is -0.973. The van der Waals surface area contributed by atoms with Crippen molar-refractivity contribution in [2.75, 3.05) is 0 Å². The van der Waals surface area contributed by atoms with Crippen molar-refractivity contribution in [3.63, 3.8) is 0 Å². The van der Waals surface area contributed by atoms with Crippen molar-refractivity contribution >= 4 is 11.9 Å². The van der Waals surface area contributed by atoms with Gasteiger partial charge < -0.3 is 14.8 Å². The Kier molecular flexibility index (Phi) is 2.92. The third kappa shape index (κ3) is 2.49. The monoisotopic (exact) mass is 237 g/mol. The molecule has 92 valence electrons. The fraction of sp³-hybridized carbons (Fsp3) is 0.500. The van der Waals surface area contributed by atoms with Gasteiger partial charge >= 0.3 is 5.97 Å². The van der Waals surface area contributed by atoms with Gasteiger partial charge in [-0.25, -0.2) is 4.79 Å². The van der Waals surface area contributed by atoms with Gasteiger partial charge in [0.05, 0.1) is 5.56 Å². The lowest BCUT2D eigenvalue weighted by molar-refractivity contribution is -0.139. The minimum Gasteiger partial charge on any atom is -0.480 e. The van der Waals surface area contributed by atoms with Crippen LogP contribution in [0.2, 0.25) is 0 Å². The molecule has 5 nitrogen and oxygen atoms in total. The quantitative estimate of drug-likeness (QED) is 0.831. The van der Waals surface area contributed by atoms with Crippen LogP contribution in [0, 0.1) is 19.8 Å². The molecule has 2 rings (SSSR count). The first-order chi connectivity index (χ1) is 7.99. The van der Waals surface area contributed by atoms with Crippen molar-refractivity contribution in [3.8, 4) is 0 Å². The van der Waals surface area contributed by atoms with E-state index < -0.39 is 12.0 Å². The van der Waals surface area contributed by atoms with Crippen molar-refractivity contribution < 1.29 is 19.1 Å². The zero-order valence-electron chi connectivity index (χ0n) is 9.82. The van der Waals surface area contributed by atoms with Crippen LogP contribution in [0.5, 0.6) is 0 Å². The van der Waals surface area contributed by atoms with Crippen LogP contribution in [0.1, 0.15) is 34.7 Å². The number of carboxylic acid groups (broad SMARTS) is 1. The molecule has 1 atom stereocenters. The maximum atomic E-state index is 11.9. The molecule has 5 heteroatoms. The SMILES string of the molecule is Cc1cc(C(=O)NC(C(=O)O)C2CC2)c(C)o1. The summed E-state index contributed by atoms with van der Waals surface area (Å²) in [4.78, 5) is 22.9. The summed E-state index contributed by atoms with van der Waals surface area (Å²) >= 11 is 0. The van der Waals surface area contributed by atoms with Gasteiger partial charge in [-0.3, -0.25) is 4.79 Å². The zero-order valence-corrected chi connectivity index (χ0v) is 9.82. The number of carbonyl (C=O) groups is 2. The van der Waals surface area contributed by atoms with Gasteiger partial charge in [0.1, 0.15) is 17.6 Å². The van der Waals surface area contributed by atoms with Gasteiger partial charge in [-0.05, 0) is 38.7 Å². The topological polar surface area (TPSA) is 79.5 Å². The van der Waals surface area contributed by atoms with E-state index in [4.69, 9.17) is 9.52 Å². The first-order valence-electron chi connectivity index (χ1n) is 5.59. The molecule has 2 N–H and O–H groups in total. The highest BCUT2D eigenvalue weighted by atomic mass is 16.4. The second-order valence-electron chi connectivity index (χ2n) is 4.45. The molecule has 1 aliphatic carbocycles. The number of amides is 1. The maximum absolute atomic E-state index is 11.9. The molecule has 0 bridgehead atoms. The molecule has 1 fully saturated rings. The Balaban J connectivity index is 2.10. The fourth-order valence-electron chi connectivity index (χ4n) is 1.89. The van der Waals surface area contributed by atoms with E-state index in [-0.39, 0.29) is 11.8 Å². The summed E-state index contributed by atoms with van der Waals surface area (Å²) in [6.45, 7) is 3.44. The first-order valence-corrected chi connectivity index (χ1v) is 5.59. The predicted octanol–water partition coefficient (Wildman–Crippen LogP) is 1.49. The Hall–Kier alpha value is -1.78. The smallest absolute Gasteiger partial charge is 0.326 e. The lowest BCUT2D eigenvalue weighted by atomic mass is 10.1. The number of carboxylic acids is 1. The van der Waals surface area contributed by atoms with Gasteiger partial charge in [-0.15, -0.1) is 0 Å². The Bertz CT molecular complexity index is 459. The lowest BCUT2D eigenvalue weighted by Crippen LogP contribution is -2.42. The van der Waals surface area contributed by atoms with Crippen LogP contribution < -0.4 is 5.32 Å². The molecule has 0 spiro atoms. The highest BCUT2D eigenvalue weighted by Gasteiger charge is 2.37. The first kappa shape index (κ1) is 11.7. The second kappa shape index (κ2) is 4.24. The van der Waals surface area contributed by atoms with Gasteiger partial charge in [0, 0.05) is 0 Å². The van der Waals surface area contributed by atoms with E-state index in [1.807, 2.05) is 0 Å². The number of furan rings is 1. The van der Waals surface area contributed by atoms with Gasteiger partial charge in [0.15, 0.2) is 0 Å². The standard InChI is InChI=1S/C12H15NO4/c1-6-5-9(7(2)17-6)11(14)13-10(12(15)16)8-3-4-8/h5,8,10H,3-4H2,1-2H3,(H,13,14)(H,15,16). The molecule has 0 radical (unpaired) electrons. The highest BCUT2D eigenvalue weighted by molar-refractivity contribution is 5.97. The summed E-state index contributed by atoms with van der Waals surface area (Å²) in [6.07, 6.45) is 1.72. The number of rotatable bonds is 4. The number of hydrogen-bond donors (Lipinski definition) is 2. The molecule has 0 aromatic carbocycles. The van der Waals surface area contributed by atoms with Crippen LogP contribution in [0.25, 0.3) is 0 Å². The molecule has 1 aliphatic rings. The third-order valence-corrected chi connectivity index (χ3v) is 2.93. The van der Waals surface area contributed by atoms with Crippen molar-refractivity contribution in [3.05, 3.63) is 23.2 Å². The lowest BCUT2D eigenvalue weighted by Gasteiger charge is -2.12. The highest BCUT2D eigenvalue weighted by Crippen LogP contribution is 2.33. The fourth-order valence-corrected chi connectivity index (χ4v) is 1.89. The van der Waals surface area contributed by atoms with E-state index in [2.05, 4.69) is 5.32 Å². The van der Waals surface area contributed by atoms with Gasteiger partial charge in [0.25, 0.3) is 5.91 Å².